The average molecular weight is 275 g/mol. The Labute approximate surface area is 117 Å². The van der Waals surface area contributed by atoms with Crippen LogP contribution in [0.25, 0.3) is 0 Å². The molecule has 0 aromatic carbocycles. The van der Waals surface area contributed by atoms with Crippen LogP contribution in [0.5, 0.6) is 5.88 Å². The van der Waals surface area contributed by atoms with Crippen LogP contribution in [0.15, 0.2) is 22.7 Å². The number of hydrogen-bond donors (Lipinski definition) is 0. The molecule has 1 aliphatic rings. The van der Waals surface area contributed by atoms with Gasteiger partial charge in [0.15, 0.2) is 0 Å². The second-order valence-electron chi connectivity index (χ2n) is 4.73. The van der Waals surface area contributed by atoms with Crippen molar-refractivity contribution in [2.24, 2.45) is 0 Å². The van der Waals surface area contributed by atoms with Crippen LogP contribution in [0.4, 0.5) is 0 Å². The molecule has 0 radical (unpaired) electrons. The van der Waals surface area contributed by atoms with Crippen LogP contribution in [-0.4, -0.2) is 29.1 Å². The Morgan fingerprint density at radius 2 is 2.25 bits per heavy atom. The molecule has 0 saturated carbocycles. The van der Waals surface area contributed by atoms with Crippen LogP contribution in [0.3, 0.4) is 0 Å². The third kappa shape index (κ3) is 2.52. The lowest BCUT2D eigenvalue weighted by Crippen LogP contribution is -2.17. The molecule has 0 unspecified atom stereocenters. The molecule has 6 heteroatoms. The summed E-state index contributed by atoms with van der Waals surface area (Å²) in [4.78, 5) is 10.9. The molecule has 0 bridgehead atoms. The molecule has 1 aliphatic heterocycles. The van der Waals surface area contributed by atoms with E-state index in [1.807, 2.05) is 12.1 Å². The second kappa shape index (κ2) is 5.60. The third-order valence-electron chi connectivity index (χ3n) is 3.27. The fourth-order valence-electron chi connectivity index (χ4n) is 2.42. The highest BCUT2D eigenvalue weighted by Gasteiger charge is 2.26. The first-order valence-electron chi connectivity index (χ1n) is 6.46. The molecule has 0 aliphatic carbocycles. The zero-order chi connectivity index (χ0) is 13.9. The summed E-state index contributed by atoms with van der Waals surface area (Å²) in [6, 6.07) is 3.94. The van der Waals surface area contributed by atoms with Gasteiger partial charge < -0.3 is 13.9 Å². The van der Waals surface area contributed by atoms with Crippen LogP contribution < -0.4 is 4.74 Å². The molecule has 0 spiro atoms. The van der Waals surface area contributed by atoms with E-state index >= 15 is 0 Å². The smallest absolute Gasteiger partial charge is 0.220 e. The van der Waals surface area contributed by atoms with E-state index in [0.717, 1.165) is 36.7 Å². The van der Waals surface area contributed by atoms with Gasteiger partial charge >= 0.3 is 0 Å². The average Bonchev–Trinajstić information content (AvgIpc) is 2.97. The maximum atomic E-state index is 5.67. The normalized spacial score (nSPS) is 14.5. The van der Waals surface area contributed by atoms with Crippen LogP contribution in [-0.2, 0) is 31.0 Å². The summed E-state index contributed by atoms with van der Waals surface area (Å²) in [5.74, 6) is 2.25. The van der Waals surface area contributed by atoms with Crippen LogP contribution in [0, 0.1) is 0 Å². The standard InChI is InChI=1S/C14H17N3O3/c1-18-9-13-16-11-7-17(8-12(11)20-13)6-10-4-3-5-15-14(10)19-2/h3-5H,6-9H2,1-2H3. The molecule has 2 aromatic rings. The number of methoxy groups -OCH3 is 2. The van der Waals surface area contributed by atoms with E-state index in [1.165, 1.54) is 0 Å². The number of nitrogens with zero attached hydrogens (tertiary/aromatic N) is 3. The van der Waals surface area contributed by atoms with Gasteiger partial charge in [0.2, 0.25) is 11.8 Å². The third-order valence-corrected chi connectivity index (χ3v) is 3.27. The summed E-state index contributed by atoms with van der Waals surface area (Å²) >= 11 is 0. The van der Waals surface area contributed by atoms with Gasteiger partial charge in [-0.1, -0.05) is 6.07 Å². The van der Waals surface area contributed by atoms with Gasteiger partial charge in [0.05, 0.1) is 19.3 Å². The largest absolute Gasteiger partial charge is 0.481 e. The number of pyridine rings is 1. The number of aromatic nitrogens is 2. The SMILES string of the molecule is COCc1nc2c(o1)CN(Cc1cccnc1OC)C2. The summed E-state index contributed by atoms with van der Waals surface area (Å²) in [7, 11) is 3.27. The molecule has 106 valence electrons. The number of ether oxygens (including phenoxy) is 2. The molecule has 0 N–H and O–H groups in total. The summed E-state index contributed by atoms with van der Waals surface area (Å²) in [6.45, 7) is 2.72. The highest BCUT2D eigenvalue weighted by atomic mass is 16.5. The number of oxazole rings is 1. The fraction of sp³-hybridized carbons (Fsp3) is 0.429. The van der Waals surface area contributed by atoms with Gasteiger partial charge in [-0.2, -0.15) is 0 Å². The molecule has 0 amide bonds. The molecule has 3 rings (SSSR count). The maximum Gasteiger partial charge on any atom is 0.220 e. The Morgan fingerprint density at radius 1 is 1.35 bits per heavy atom. The van der Waals surface area contributed by atoms with Crippen molar-refractivity contribution < 1.29 is 13.9 Å². The first kappa shape index (κ1) is 13.1. The summed E-state index contributed by atoms with van der Waals surface area (Å²) in [5, 5.41) is 0. The maximum absolute atomic E-state index is 5.67. The Balaban J connectivity index is 1.68. The van der Waals surface area contributed by atoms with Gasteiger partial charge in [0.25, 0.3) is 0 Å². The predicted molar refractivity (Wildman–Crippen MR) is 71.0 cm³/mol. The molecule has 20 heavy (non-hydrogen) atoms. The monoisotopic (exact) mass is 275 g/mol. The minimum Gasteiger partial charge on any atom is -0.481 e. The van der Waals surface area contributed by atoms with Crippen molar-refractivity contribution >= 4 is 0 Å². The minimum atomic E-state index is 0.420. The lowest BCUT2D eigenvalue weighted by atomic mass is 10.2. The highest BCUT2D eigenvalue weighted by Crippen LogP contribution is 2.26. The van der Waals surface area contributed by atoms with Crippen LogP contribution in [0.1, 0.15) is 22.9 Å². The molecule has 0 saturated heterocycles. The Morgan fingerprint density at radius 3 is 3.00 bits per heavy atom. The van der Waals surface area contributed by atoms with Gasteiger partial charge in [-0.25, -0.2) is 9.97 Å². The quantitative estimate of drug-likeness (QED) is 0.828. The zero-order valence-corrected chi connectivity index (χ0v) is 11.6. The molecule has 0 fully saturated rings. The van der Waals surface area contributed by atoms with E-state index < -0.39 is 0 Å². The molecule has 2 aromatic heterocycles. The first-order valence-corrected chi connectivity index (χ1v) is 6.46. The number of hydrogen-bond acceptors (Lipinski definition) is 6. The zero-order valence-electron chi connectivity index (χ0n) is 11.6. The minimum absolute atomic E-state index is 0.420. The van der Waals surface area contributed by atoms with Crippen molar-refractivity contribution in [1.82, 2.24) is 14.9 Å². The summed E-state index contributed by atoms with van der Waals surface area (Å²) in [5.41, 5.74) is 2.07. The van der Waals surface area contributed by atoms with Gasteiger partial charge in [-0.3, -0.25) is 4.90 Å². The van der Waals surface area contributed by atoms with Crippen molar-refractivity contribution in [3.63, 3.8) is 0 Å². The number of rotatable bonds is 5. The van der Waals surface area contributed by atoms with Gasteiger partial charge in [0, 0.05) is 32.0 Å². The lowest BCUT2D eigenvalue weighted by Gasteiger charge is -2.15. The number of fused-ring (bicyclic) bond motifs is 1. The van der Waals surface area contributed by atoms with E-state index in [4.69, 9.17) is 13.9 Å². The molecule has 0 atom stereocenters. The van der Waals surface area contributed by atoms with Crippen molar-refractivity contribution in [3.05, 3.63) is 41.2 Å². The topological polar surface area (TPSA) is 60.6 Å². The molecule has 6 nitrogen and oxygen atoms in total. The van der Waals surface area contributed by atoms with Crippen molar-refractivity contribution in [2.45, 2.75) is 26.2 Å². The highest BCUT2D eigenvalue weighted by molar-refractivity contribution is 5.26. The van der Waals surface area contributed by atoms with Gasteiger partial charge in [-0.15, -0.1) is 0 Å². The van der Waals surface area contributed by atoms with E-state index in [-0.39, 0.29) is 0 Å². The van der Waals surface area contributed by atoms with E-state index in [2.05, 4.69) is 14.9 Å². The summed E-state index contributed by atoms with van der Waals surface area (Å²) in [6.07, 6.45) is 1.73. The van der Waals surface area contributed by atoms with Crippen molar-refractivity contribution in [2.75, 3.05) is 14.2 Å². The van der Waals surface area contributed by atoms with E-state index in [9.17, 15) is 0 Å². The van der Waals surface area contributed by atoms with Crippen LogP contribution in [0.2, 0.25) is 0 Å². The molecule has 3 heterocycles. The van der Waals surface area contributed by atoms with Gasteiger partial charge in [0.1, 0.15) is 12.4 Å². The molecular weight excluding hydrogens is 258 g/mol. The van der Waals surface area contributed by atoms with E-state index in [1.54, 1.807) is 20.4 Å². The predicted octanol–water partition coefficient (Wildman–Crippen LogP) is 1.74. The van der Waals surface area contributed by atoms with E-state index in [0.29, 0.717) is 18.4 Å². The fourth-order valence-corrected chi connectivity index (χ4v) is 2.42. The Bertz CT molecular complexity index is 574. The lowest BCUT2D eigenvalue weighted by molar-refractivity contribution is 0.154. The first-order chi connectivity index (χ1) is 9.80. The van der Waals surface area contributed by atoms with Crippen LogP contribution >= 0.6 is 0 Å². The van der Waals surface area contributed by atoms with Crippen molar-refractivity contribution in [1.29, 1.82) is 0 Å². The summed E-state index contributed by atoms with van der Waals surface area (Å²) < 4.78 is 16.0. The Hall–Kier alpha value is -1.92. The second-order valence-corrected chi connectivity index (χ2v) is 4.73. The van der Waals surface area contributed by atoms with Crippen molar-refractivity contribution in [3.8, 4) is 5.88 Å². The Kier molecular flexibility index (Phi) is 3.66. The molecular formula is C14H17N3O3. The van der Waals surface area contributed by atoms with Gasteiger partial charge in [-0.05, 0) is 6.07 Å².